The van der Waals surface area contributed by atoms with Gasteiger partial charge in [0.15, 0.2) is 0 Å². The topological polar surface area (TPSA) is 120 Å². The van der Waals surface area contributed by atoms with E-state index in [0.29, 0.717) is 36.7 Å². The van der Waals surface area contributed by atoms with Gasteiger partial charge in [0, 0.05) is 50.3 Å². The normalized spacial score (nSPS) is 25.0. The number of amides is 4. The molecule has 0 spiro atoms. The third-order valence-corrected chi connectivity index (χ3v) is 10.0. The van der Waals surface area contributed by atoms with Gasteiger partial charge in [-0.2, -0.15) is 0 Å². The average Bonchev–Trinajstić information content (AvgIpc) is 3.06. The highest BCUT2D eigenvalue weighted by molar-refractivity contribution is 5.99. The summed E-state index contributed by atoms with van der Waals surface area (Å²) in [6, 6.07) is 4.62. The lowest BCUT2D eigenvalue weighted by atomic mass is 9.88. The lowest BCUT2D eigenvalue weighted by Crippen LogP contribution is -2.48. The summed E-state index contributed by atoms with van der Waals surface area (Å²) in [5.74, 6) is 0.313. The molecule has 1 aliphatic heterocycles. The summed E-state index contributed by atoms with van der Waals surface area (Å²) in [5, 5.41) is 16.2. The number of hydrogen-bond acceptors (Lipinski definition) is 6. The fourth-order valence-electron chi connectivity index (χ4n) is 7.08. The zero-order valence-electron chi connectivity index (χ0n) is 28.6. The van der Waals surface area contributed by atoms with Gasteiger partial charge >= 0.3 is 6.03 Å². The number of nitrogens with zero attached hydrogens (tertiary/aromatic N) is 2. The third kappa shape index (κ3) is 10.3. The van der Waals surface area contributed by atoms with Gasteiger partial charge in [-0.1, -0.05) is 45.4 Å². The van der Waals surface area contributed by atoms with Gasteiger partial charge in [-0.15, -0.1) is 0 Å². The van der Waals surface area contributed by atoms with Gasteiger partial charge in [0.1, 0.15) is 5.75 Å². The lowest BCUT2D eigenvalue weighted by molar-refractivity contribution is -0.137. The maximum atomic E-state index is 14.4. The van der Waals surface area contributed by atoms with E-state index in [1.807, 2.05) is 32.7 Å². The number of carbonyl (C=O) groups excluding carboxylic acids is 3. The quantitative estimate of drug-likeness (QED) is 0.337. The van der Waals surface area contributed by atoms with Gasteiger partial charge in [-0.25, -0.2) is 4.79 Å². The molecule has 1 aromatic rings. The second-order valence-electron chi connectivity index (χ2n) is 14.0. The lowest BCUT2D eigenvalue weighted by Gasteiger charge is -2.36. The van der Waals surface area contributed by atoms with E-state index in [1.54, 1.807) is 23.1 Å². The largest absolute Gasteiger partial charge is 0.490 e. The molecule has 4 amide bonds. The van der Waals surface area contributed by atoms with E-state index in [9.17, 15) is 19.5 Å². The Labute approximate surface area is 275 Å². The number of urea groups is 1. The highest BCUT2D eigenvalue weighted by Crippen LogP contribution is 2.29. The van der Waals surface area contributed by atoms with Gasteiger partial charge in [0.25, 0.3) is 5.91 Å². The molecule has 2 aliphatic carbocycles. The van der Waals surface area contributed by atoms with Crippen LogP contribution in [0, 0.1) is 11.8 Å². The van der Waals surface area contributed by atoms with Crippen molar-refractivity contribution in [1.82, 2.24) is 15.1 Å². The summed E-state index contributed by atoms with van der Waals surface area (Å²) in [7, 11) is 1.87. The minimum absolute atomic E-state index is 0.0746. The third-order valence-electron chi connectivity index (χ3n) is 10.0. The van der Waals surface area contributed by atoms with Gasteiger partial charge in [0.2, 0.25) is 5.91 Å². The van der Waals surface area contributed by atoms with Crippen molar-refractivity contribution in [2.24, 2.45) is 11.8 Å². The standard InChI is InChI=1S/C36H58N4O6/c1-25-22-40(26(2)24-41)35(43)31-21-30(38-36(44)37-29-16-9-6-10-17-29)18-19-32(31)46-27(3)13-11-12-20-45-33(25)23-39(4)34(42)28-14-7-5-8-15-28/h18-19,21,25-29,33,41H,5-17,20,22-24H2,1-4H3,(H2,37,38,44)/t25-,26+,27-,33-/m0/s1. The van der Waals surface area contributed by atoms with Gasteiger partial charge in [-0.3, -0.25) is 9.59 Å². The Morgan fingerprint density at radius 1 is 1.00 bits per heavy atom. The van der Waals surface area contributed by atoms with Gasteiger partial charge < -0.3 is 35.0 Å². The first-order chi connectivity index (χ1) is 22.2. The molecule has 0 unspecified atom stereocenters. The summed E-state index contributed by atoms with van der Waals surface area (Å²) in [4.78, 5) is 44.1. The second kappa shape index (κ2) is 17.9. The molecule has 0 radical (unpaired) electrons. The van der Waals surface area contributed by atoms with Crippen LogP contribution in [0.15, 0.2) is 18.2 Å². The molecule has 0 bridgehead atoms. The molecule has 0 saturated heterocycles. The van der Waals surface area contributed by atoms with Crippen molar-refractivity contribution in [2.45, 2.75) is 129 Å². The van der Waals surface area contributed by atoms with E-state index in [-0.39, 0.29) is 54.5 Å². The fraction of sp³-hybridized carbons (Fsp3) is 0.750. The van der Waals surface area contributed by atoms with Crippen LogP contribution in [0.3, 0.4) is 0 Å². The number of aliphatic hydroxyl groups excluding tert-OH is 1. The van der Waals surface area contributed by atoms with E-state index < -0.39 is 6.04 Å². The van der Waals surface area contributed by atoms with Crippen LogP contribution in [0.1, 0.15) is 115 Å². The summed E-state index contributed by atoms with van der Waals surface area (Å²) < 4.78 is 12.8. The van der Waals surface area contributed by atoms with Crippen molar-refractivity contribution in [1.29, 1.82) is 0 Å². The number of aliphatic hydroxyl groups is 1. The molecule has 4 rings (SSSR count). The van der Waals surface area contributed by atoms with Crippen molar-refractivity contribution in [3.8, 4) is 5.75 Å². The van der Waals surface area contributed by atoms with Crippen molar-refractivity contribution in [2.75, 3.05) is 38.7 Å². The SMILES string of the molecule is C[C@H](CO)N1C[C@H](C)[C@H](CN(C)C(=O)C2CCCCC2)OCCCC[C@H](C)Oc2ccc(NC(=O)NC3CCCCC3)cc2C1=O. The Kier molecular flexibility index (Phi) is 14.0. The van der Waals surface area contributed by atoms with Gasteiger partial charge in [-0.05, 0) is 77.0 Å². The number of hydrogen-bond donors (Lipinski definition) is 3. The Balaban J connectivity index is 1.56. The number of benzene rings is 1. The molecule has 10 heteroatoms. The molecular formula is C36H58N4O6. The number of fused-ring (bicyclic) bond motifs is 1. The minimum atomic E-state index is -0.471. The number of carbonyl (C=O) groups is 3. The fourth-order valence-corrected chi connectivity index (χ4v) is 7.08. The van der Waals surface area contributed by atoms with Crippen LogP contribution in [0.5, 0.6) is 5.75 Å². The monoisotopic (exact) mass is 642 g/mol. The van der Waals surface area contributed by atoms with E-state index >= 15 is 0 Å². The van der Waals surface area contributed by atoms with Crippen LogP contribution in [0.4, 0.5) is 10.5 Å². The van der Waals surface area contributed by atoms with Crippen molar-refractivity contribution < 1.29 is 29.0 Å². The zero-order valence-corrected chi connectivity index (χ0v) is 28.6. The smallest absolute Gasteiger partial charge is 0.319 e. The number of rotatable bonds is 7. The highest BCUT2D eigenvalue weighted by Gasteiger charge is 2.32. The van der Waals surface area contributed by atoms with E-state index in [4.69, 9.17) is 9.47 Å². The molecule has 4 atom stereocenters. The number of likely N-dealkylation sites (N-methyl/N-ethyl adjacent to an activating group) is 1. The van der Waals surface area contributed by atoms with Crippen LogP contribution in [-0.4, -0.2) is 90.4 Å². The van der Waals surface area contributed by atoms with Crippen LogP contribution in [0.25, 0.3) is 0 Å². The van der Waals surface area contributed by atoms with Crippen LogP contribution in [-0.2, 0) is 9.53 Å². The Bertz CT molecular complexity index is 1140. The highest BCUT2D eigenvalue weighted by atomic mass is 16.5. The summed E-state index contributed by atoms with van der Waals surface area (Å²) in [6.07, 6.45) is 12.8. The Morgan fingerprint density at radius 2 is 1.67 bits per heavy atom. The van der Waals surface area contributed by atoms with Crippen molar-refractivity contribution in [3.05, 3.63) is 23.8 Å². The molecule has 1 aromatic carbocycles. The van der Waals surface area contributed by atoms with Crippen LogP contribution < -0.4 is 15.4 Å². The van der Waals surface area contributed by atoms with Gasteiger partial charge in [0.05, 0.1) is 30.4 Å². The predicted octanol–water partition coefficient (Wildman–Crippen LogP) is 5.98. The maximum Gasteiger partial charge on any atom is 0.319 e. The molecule has 2 saturated carbocycles. The zero-order chi connectivity index (χ0) is 33.1. The predicted molar refractivity (Wildman–Crippen MR) is 180 cm³/mol. The van der Waals surface area contributed by atoms with E-state index in [0.717, 1.165) is 70.6 Å². The Hall–Kier alpha value is -2.85. The first kappa shape index (κ1) is 36.0. The minimum Gasteiger partial charge on any atom is -0.490 e. The molecule has 3 N–H and O–H groups in total. The summed E-state index contributed by atoms with van der Waals surface area (Å²) in [5.41, 5.74) is 0.848. The van der Waals surface area contributed by atoms with Crippen LogP contribution >= 0.6 is 0 Å². The molecule has 3 aliphatic rings. The summed E-state index contributed by atoms with van der Waals surface area (Å²) in [6.45, 7) is 7.00. The number of anilines is 1. The molecule has 0 aromatic heterocycles. The average molecular weight is 643 g/mol. The first-order valence-corrected chi connectivity index (χ1v) is 17.8. The molecule has 46 heavy (non-hydrogen) atoms. The van der Waals surface area contributed by atoms with E-state index in [1.165, 1.54) is 12.8 Å². The molecule has 1 heterocycles. The molecule has 2 fully saturated rings. The van der Waals surface area contributed by atoms with E-state index in [2.05, 4.69) is 10.6 Å². The molecule has 258 valence electrons. The Morgan fingerprint density at radius 3 is 2.37 bits per heavy atom. The van der Waals surface area contributed by atoms with Crippen molar-refractivity contribution in [3.63, 3.8) is 0 Å². The molecule has 10 nitrogen and oxygen atoms in total. The van der Waals surface area contributed by atoms with Crippen molar-refractivity contribution >= 4 is 23.5 Å². The second-order valence-corrected chi connectivity index (χ2v) is 14.0. The number of ether oxygens (including phenoxy) is 2. The van der Waals surface area contributed by atoms with Crippen LogP contribution in [0.2, 0.25) is 0 Å². The first-order valence-electron chi connectivity index (χ1n) is 17.8. The maximum absolute atomic E-state index is 14.4. The summed E-state index contributed by atoms with van der Waals surface area (Å²) >= 11 is 0. The number of nitrogens with one attached hydrogen (secondary N) is 2. The molecular weight excluding hydrogens is 584 g/mol.